The molecule has 0 spiro atoms. The highest BCUT2D eigenvalue weighted by atomic mass is 28.3. The van der Waals surface area contributed by atoms with Gasteiger partial charge in [0.15, 0.2) is 0 Å². The Hall–Kier alpha value is 0.177. The lowest BCUT2D eigenvalue weighted by Gasteiger charge is -2.27. The van der Waals surface area contributed by atoms with Crippen molar-refractivity contribution >= 4 is 8.07 Å². The molecule has 0 unspecified atom stereocenters. The molecule has 0 aromatic carbocycles. The van der Waals surface area contributed by atoms with E-state index in [9.17, 15) is 0 Å². The minimum Gasteiger partial charge on any atom is -0.330 e. The van der Waals surface area contributed by atoms with E-state index in [1.807, 2.05) is 0 Å². The highest BCUT2D eigenvalue weighted by Crippen LogP contribution is 2.28. The molecule has 0 aliphatic rings. The minimum atomic E-state index is -0.971. The molecule has 0 atom stereocenters. The summed E-state index contributed by atoms with van der Waals surface area (Å²) < 4.78 is 0. The summed E-state index contributed by atoms with van der Waals surface area (Å²) in [6, 6.07) is 4.60. The lowest BCUT2D eigenvalue weighted by Crippen LogP contribution is -2.30. The topological polar surface area (TPSA) is 26.0 Å². The lowest BCUT2D eigenvalue weighted by molar-refractivity contribution is 0.640. The molecular weight excluding hydrogens is 258 g/mol. The molecule has 0 aliphatic heterocycles. The van der Waals surface area contributed by atoms with Gasteiger partial charge in [0.05, 0.1) is 8.07 Å². The van der Waals surface area contributed by atoms with Crippen molar-refractivity contribution in [1.82, 2.24) is 0 Å². The predicted octanol–water partition coefficient (Wildman–Crippen LogP) is 6.35. The molecule has 2 heteroatoms. The van der Waals surface area contributed by atoms with E-state index < -0.39 is 8.07 Å². The molecule has 0 rings (SSSR count). The van der Waals surface area contributed by atoms with E-state index in [2.05, 4.69) is 20.4 Å². The second-order valence-electron chi connectivity index (χ2n) is 7.03. The highest BCUT2D eigenvalue weighted by molar-refractivity contribution is 6.78. The van der Waals surface area contributed by atoms with E-state index >= 15 is 0 Å². The number of unbranched alkanes of at least 4 members (excludes halogenated alkanes) is 8. The summed E-state index contributed by atoms with van der Waals surface area (Å²) in [6.45, 7) is 8.16. The molecule has 0 aliphatic carbocycles. The van der Waals surface area contributed by atoms with Crippen molar-refractivity contribution in [3.63, 3.8) is 0 Å². The Balaban J connectivity index is 3.88. The minimum absolute atomic E-state index is 0.897. The molecule has 0 radical (unpaired) electrons. The summed E-state index contributed by atoms with van der Waals surface area (Å²) in [5.74, 6) is 0. The third kappa shape index (κ3) is 12.0. The molecule has 0 aromatic rings. The van der Waals surface area contributed by atoms with Crippen LogP contribution in [0.25, 0.3) is 0 Å². The summed E-state index contributed by atoms with van der Waals surface area (Å²) in [5.41, 5.74) is 5.75. The Morgan fingerprint density at radius 2 is 1.00 bits per heavy atom. The summed E-state index contributed by atoms with van der Waals surface area (Å²) in [6.07, 6.45) is 15.7. The van der Waals surface area contributed by atoms with Crippen molar-refractivity contribution in [3.8, 4) is 0 Å². The molecule has 1 nitrogen and oxygen atoms in total. The third-order valence-corrected chi connectivity index (χ3v) is 9.43. The maximum Gasteiger partial charge on any atom is 0.0505 e. The first-order valence-corrected chi connectivity index (χ1v) is 12.5. The molecule has 0 bridgehead atoms. The first-order chi connectivity index (χ1) is 9.68. The standard InChI is InChI=1S/C18H41NSi/c1-4-6-8-10-12-16-20(3,18-14-15-19)17-13-11-9-7-5-2/h4-19H2,1-3H3. The van der Waals surface area contributed by atoms with Gasteiger partial charge in [-0.1, -0.05) is 103 Å². The van der Waals surface area contributed by atoms with Gasteiger partial charge in [-0.25, -0.2) is 0 Å². The monoisotopic (exact) mass is 299 g/mol. The van der Waals surface area contributed by atoms with Gasteiger partial charge in [-0.05, 0) is 13.0 Å². The first-order valence-electron chi connectivity index (χ1n) is 9.38. The van der Waals surface area contributed by atoms with Crippen molar-refractivity contribution in [2.24, 2.45) is 5.73 Å². The van der Waals surface area contributed by atoms with Crippen LogP contribution in [-0.4, -0.2) is 14.6 Å². The predicted molar refractivity (Wildman–Crippen MR) is 97.2 cm³/mol. The number of hydrogen-bond donors (Lipinski definition) is 1. The normalized spacial score (nSPS) is 12.0. The van der Waals surface area contributed by atoms with Gasteiger partial charge in [0.1, 0.15) is 0 Å². The van der Waals surface area contributed by atoms with E-state index in [1.54, 1.807) is 12.1 Å². The van der Waals surface area contributed by atoms with E-state index in [-0.39, 0.29) is 0 Å². The summed E-state index contributed by atoms with van der Waals surface area (Å²) in [7, 11) is -0.971. The van der Waals surface area contributed by atoms with Crippen LogP contribution in [0.15, 0.2) is 0 Å². The second-order valence-corrected chi connectivity index (χ2v) is 12.2. The van der Waals surface area contributed by atoms with Gasteiger partial charge in [-0.3, -0.25) is 0 Å². The molecule has 0 heterocycles. The SMILES string of the molecule is CCCCCCC[Si](C)(CCCN)CCCCCCC. The summed E-state index contributed by atoms with van der Waals surface area (Å²) in [5, 5.41) is 0. The van der Waals surface area contributed by atoms with Gasteiger partial charge in [-0.2, -0.15) is 0 Å². The number of rotatable bonds is 15. The third-order valence-electron chi connectivity index (χ3n) is 4.75. The van der Waals surface area contributed by atoms with Crippen LogP contribution in [0.3, 0.4) is 0 Å². The van der Waals surface area contributed by atoms with Crippen LogP contribution in [0.2, 0.25) is 24.7 Å². The van der Waals surface area contributed by atoms with Crippen LogP contribution in [0.4, 0.5) is 0 Å². The maximum absolute atomic E-state index is 5.75. The number of hydrogen-bond acceptors (Lipinski definition) is 1. The molecule has 122 valence electrons. The van der Waals surface area contributed by atoms with Crippen LogP contribution < -0.4 is 5.73 Å². The molecule has 0 amide bonds. The van der Waals surface area contributed by atoms with Crippen LogP contribution in [0.5, 0.6) is 0 Å². The molecule has 0 saturated heterocycles. The Kier molecular flexibility index (Phi) is 14.3. The quantitative estimate of drug-likeness (QED) is 0.276. The smallest absolute Gasteiger partial charge is 0.0505 e. The van der Waals surface area contributed by atoms with Gasteiger partial charge in [0.25, 0.3) is 0 Å². The molecule has 0 saturated carbocycles. The van der Waals surface area contributed by atoms with Crippen LogP contribution >= 0.6 is 0 Å². The summed E-state index contributed by atoms with van der Waals surface area (Å²) in [4.78, 5) is 0. The molecule has 0 aromatic heterocycles. The fourth-order valence-corrected chi connectivity index (χ4v) is 7.23. The molecule has 2 N–H and O–H groups in total. The van der Waals surface area contributed by atoms with E-state index in [4.69, 9.17) is 5.73 Å². The van der Waals surface area contributed by atoms with Gasteiger partial charge >= 0.3 is 0 Å². The van der Waals surface area contributed by atoms with E-state index in [1.165, 1.54) is 76.7 Å². The van der Waals surface area contributed by atoms with Crippen molar-refractivity contribution in [2.45, 2.75) is 109 Å². The van der Waals surface area contributed by atoms with Crippen molar-refractivity contribution in [1.29, 1.82) is 0 Å². The Morgan fingerprint density at radius 1 is 0.600 bits per heavy atom. The molecule has 0 fully saturated rings. The van der Waals surface area contributed by atoms with Crippen LogP contribution in [-0.2, 0) is 0 Å². The van der Waals surface area contributed by atoms with Crippen LogP contribution in [0.1, 0.15) is 84.5 Å². The zero-order chi connectivity index (χ0) is 15.1. The Bertz CT molecular complexity index is 180. The van der Waals surface area contributed by atoms with Gasteiger partial charge < -0.3 is 5.73 Å². The zero-order valence-corrected chi connectivity index (χ0v) is 15.7. The fourth-order valence-electron chi connectivity index (χ4n) is 3.21. The van der Waals surface area contributed by atoms with Crippen molar-refractivity contribution in [2.75, 3.05) is 6.54 Å². The van der Waals surface area contributed by atoms with Gasteiger partial charge in [0, 0.05) is 0 Å². The number of nitrogens with two attached hydrogens (primary N) is 1. The maximum atomic E-state index is 5.75. The highest BCUT2D eigenvalue weighted by Gasteiger charge is 2.24. The van der Waals surface area contributed by atoms with Crippen molar-refractivity contribution < 1.29 is 0 Å². The second kappa shape index (κ2) is 14.1. The Labute approximate surface area is 130 Å². The zero-order valence-electron chi connectivity index (χ0n) is 14.7. The summed E-state index contributed by atoms with van der Waals surface area (Å²) >= 11 is 0. The average Bonchev–Trinajstić information content (AvgIpc) is 2.45. The van der Waals surface area contributed by atoms with E-state index in [0.29, 0.717) is 0 Å². The fraction of sp³-hybridized carbons (Fsp3) is 1.00. The average molecular weight is 300 g/mol. The van der Waals surface area contributed by atoms with Gasteiger partial charge in [0.2, 0.25) is 0 Å². The van der Waals surface area contributed by atoms with Crippen molar-refractivity contribution in [3.05, 3.63) is 0 Å². The molecular formula is C18H41NSi. The van der Waals surface area contributed by atoms with Gasteiger partial charge in [-0.15, -0.1) is 0 Å². The van der Waals surface area contributed by atoms with E-state index in [0.717, 1.165) is 6.54 Å². The largest absolute Gasteiger partial charge is 0.330 e. The lowest BCUT2D eigenvalue weighted by atomic mass is 10.2. The van der Waals surface area contributed by atoms with Crippen LogP contribution in [0, 0.1) is 0 Å². The molecule has 20 heavy (non-hydrogen) atoms. The first kappa shape index (κ1) is 20.2. The Morgan fingerprint density at radius 3 is 1.40 bits per heavy atom.